The Morgan fingerprint density at radius 3 is 2.56 bits per heavy atom. The molecule has 100 valence electrons. The first kappa shape index (κ1) is 12.3. The fraction of sp³-hybridized carbons (Fsp3) is 0.833. The highest BCUT2D eigenvalue weighted by Crippen LogP contribution is 2.33. The van der Waals surface area contributed by atoms with E-state index in [2.05, 4.69) is 32.5 Å². The van der Waals surface area contributed by atoms with Crippen LogP contribution in [0.4, 0.5) is 0 Å². The molecule has 1 aliphatic heterocycles. The lowest BCUT2D eigenvalue weighted by Gasteiger charge is -2.33. The Morgan fingerprint density at radius 1 is 1.22 bits per heavy atom. The zero-order chi connectivity index (χ0) is 12.5. The van der Waals surface area contributed by atoms with E-state index in [1.165, 1.54) is 32.2 Å². The third kappa shape index (κ3) is 2.50. The number of aromatic amines is 2. The summed E-state index contributed by atoms with van der Waals surface area (Å²) in [5, 5.41) is 8.44. The summed E-state index contributed by atoms with van der Waals surface area (Å²) < 4.78 is 0.571. The van der Waals surface area contributed by atoms with Gasteiger partial charge in [0, 0.05) is 25.0 Å². The molecule has 1 saturated heterocycles. The molecule has 3 rings (SSSR count). The molecule has 1 aromatic heterocycles. The predicted molar refractivity (Wildman–Crippen MR) is 72.6 cm³/mol. The monoisotopic (exact) mass is 267 g/mol. The van der Waals surface area contributed by atoms with Crippen LogP contribution in [0.2, 0.25) is 0 Å². The normalized spacial score (nSPS) is 33.9. The number of nitrogens with one attached hydrogen (secondary N) is 3. The fourth-order valence-corrected chi connectivity index (χ4v) is 3.30. The number of H-pyrrole nitrogens is 2. The van der Waals surface area contributed by atoms with Crippen molar-refractivity contribution in [2.75, 3.05) is 13.1 Å². The van der Waals surface area contributed by atoms with Crippen molar-refractivity contribution in [3.63, 3.8) is 0 Å². The molecule has 5 nitrogen and oxygen atoms in total. The van der Waals surface area contributed by atoms with E-state index in [9.17, 15) is 0 Å². The Kier molecular flexibility index (Phi) is 3.50. The Hall–Kier alpha value is -0.720. The van der Waals surface area contributed by atoms with Gasteiger partial charge in [-0.05, 0) is 43.8 Å². The molecule has 1 atom stereocenters. The standard InChI is InChI=1S/C12H21N5S/c1-8-6-13-17(7-8)10-4-2-9(3-5-10)11-14-12(18)16-15-11/h8-10,13H,2-7H2,1H3,(H2,14,15,16,18). The van der Waals surface area contributed by atoms with Gasteiger partial charge in [-0.15, -0.1) is 0 Å². The van der Waals surface area contributed by atoms with Crippen LogP contribution in [0.1, 0.15) is 44.3 Å². The van der Waals surface area contributed by atoms with Crippen LogP contribution in [0.25, 0.3) is 0 Å². The summed E-state index contributed by atoms with van der Waals surface area (Å²) in [6.07, 6.45) is 4.90. The van der Waals surface area contributed by atoms with E-state index in [1.54, 1.807) is 0 Å². The molecule has 18 heavy (non-hydrogen) atoms. The summed E-state index contributed by atoms with van der Waals surface area (Å²) in [7, 11) is 0. The molecule has 1 aromatic rings. The zero-order valence-corrected chi connectivity index (χ0v) is 11.6. The Balaban J connectivity index is 1.56. The van der Waals surface area contributed by atoms with Crippen molar-refractivity contribution in [3.05, 3.63) is 10.6 Å². The molecule has 0 aromatic carbocycles. The van der Waals surface area contributed by atoms with Crippen molar-refractivity contribution >= 4 is 12.2 Å². The van der Waals surface area contributed by atoms with Gasteiger partial charge in [0.1, 0.15) is 5.82 Å². The summed E-state index contributed by atoms with van der Waals surface area (Å²) in [4.78, 5) is 4.34. The van der Waals surface area contributed by atoms with Gasteiger partial charge < -0.3 is 0 Å². The summed E-state index contributed by atoms with van der Waals surface area (Å²) in [5.41, 5.74) is 3.52. The van der Waals surface area contributed by atoms with Crippen LogP contribution in [0.15, 0.2) is 0 Å². The van der Waals surface area contributed by atoms with Crippen molar-refractivity contribution < 1.29 is 0 Å². The van der Waals surface area contributed by atoms with Gasteiger partial charge in [-0.3, -0.25) is 15.6 Å². The second kappa shape index (κ2) is 5.11. The van der Waals surface area contributed by atoms with E-state index in [-0.39, 0.29) is 0 Å². The molecule has 1 saturated carbocycles. The topological polar surface area (TPSA) is 59.7 Å². The van der Waals surface area contributed by atoms with Crippen molar-refractivity contribution in [2.24, 2.45) is 5.92 Å². The van der Waals surface area contributed by atoms with Crippen molar-refractivity contribution in [1.82, 2.24) is 25.6 Å². The van der Waals surface area contributed by atoms with Crippen molar-refractivity contribution in [3.8, 4) is 0 Å². The number of aromatic nitrogens is 3. The smallest absolute Gasteiger partial charge is 0.213 e. The molecule has 2 heterocycles. The van der Waals surface area contributed by atoms with Crippen LogP contribution in [-0.2, 0) is 0 Å². The molecule has 0 amide bonds. The third-order valence-corrected chi connectivity index (χ3v) is 4.39. The first-order valence-electron chi connectivity index (χ1n) is 6.87. The van der Waals surface area contributed by atoms with E-state index < -0.39 is 0 Å². The number of rotatable bonds is 2. The predicted octanol–water partition coefficient (Wildman–Crippen LogP) is 1.95. The van der Waals surface area contributed by atoms with Gasteiger partial charge in [-0.2, -0.15) is 0 Å². The molecule has 2 fully saturated rings. The lowest BCUT2D eigenvalue weighted by molar-refractivity contribution is 0.127. The van der Waals surface area contributed by atoms with Crippen molar-refractivity contribution in [2.45, 2.75) is 44.6 Å². The van der Waals surface area contributed by atoms with E-state index in [0.29, 0.717) is 16.7 Å². The zero-order valence-electron chi connectivity index (χ0n) is 10.8. The minimum absolute atomic E-state index is 0.550. The van der Waals surface area contributed by atoms with Crippen LogP contribution in [-0.4, -0.2) is 39.3 Å². The molecule has 3 N–H and O–H groups in total. The second-order valence-electron chi connectivity index (χ2n) is 5.68. The lowest BCUT2D eigenvalue weighted by atomic mass is 9.85. The highest BCUT2D eigenvalue weighted by atomic mass is 32.1. The van der Waals surface area contributed by atoms with Crippen LogP contribution in [0, 0.1) is 10.7 Å². The summed E-state index contributed by atoms with van der Waals surface area (Å²) in [6.45, 7) is 4.63. The van der Waals surface area contributed by atoms with E-state index in [0.717, 1.165) is 18.3 Å². The molecular formula is C12H21N5S. The number of hydrogen-bond acceptors (Lipinski definition) is 4. The molecule has 1 unspecified atom stereocenters. The molecule has 2 aliphatic rings. The first-order chi connectivity index (χ1) is 8.72. The minimum atomic E-state index is 0.550. The quantitative estimate of drug-likeness (QED) is 0.717. The fourth-order valence-electron chi connectivity index (χ4n) is 3.15. The molecule has 1 aliphatic carbocycles. The van der Waals surface area contributed by atoms with E-state index in [1.807, 2.05) is 0 Å². The van der Waals surface area contributed by atoms with Gasteiger partial charge in [-0.1, -0.05) is 6.92 Å². The maximum absolute atomic E-state index is 5.01. The van der Waals surface area contributed by atoms with E-state index in [4.69, 9.17) is 12.2 Å². The van der Waals surface area contributed by atoms with Gasteiger partial charge in [0.25, 0.3) is 0 Å². The van der Waals surface area contributed by atoms with Gasteiger partial charge in [0.15, 0.2) is 0 Å². The summed E-state index contributed by atoms with van der Waals surface area (Å²) in [5.74, 6) is 2.38. The van der Waals surface area contributed by atoms with Gasteiger partial charge >= 0.3 is 0 Å². The number of hydrogen-bond donors (Lipinski definition) is 3. The van der Waals surface area contributed by atoms with Crippen molar-refractivity contribution in [1.29, 1.82) is 0 Å². The van der Waals surface area contributed by atoms with Gasteiger partial charge in [0.05, 0.1) is 0 Å². The highest BCUT2D eigenvalue weighted by molar-refractivity contribution is 7.71. The minimum Gasteiger partial charge on any atom is -0.285 e. The number of hydrazine groups is 1. The second-order valence-corrected chi connectivity index (χ2v) is 6.06. The largest absolute Gasteiger partial charge is 0.285 e. The third-order valence-electron chi connectivity index (χ3n) is 4.19. The maximum Gasteiger partial charge on any atom is 0.213 e. The van der Waals surface area contributed by atoms with Gasteiger partial charge in [-0.25, -0.2) is 9.99 Å². The first-order valence-corrected chi connectivity index (χ1v) is 7.28. The van der Waals surface area contributed by atoms with Crippen LogP contribution in [0.3, 0.4) is 0 Å². The molecule has 0 spiro atoms. The maximum atomic E-state index is 5.01. The van der Waals surface area contributed by atoms with Crippen LogP contribution >= 0.6 is 12.2 Å². The average molecular weight is 267 g/mol. The molecule has 6 heteroatoms. The summed E-state index contributed by atoms with van der Waals surface area (Å²) in [6, 6.07) is 0.702. The Bertz CT molecular complexity index is 445. The molecule has 0 bridgehead atoms. The Morgan fingerprint density at radius 2 is 2.00 bits per heavy atom. The lowest BCUT2D eigenvalue weighted by Crippen LogP contribution is -2.42. The van der Waals surface area contributed by atoms with Crippen LogP contribution in [0.5, 0.6) is 0 Å². The SMILES string of the molecule is CC1CNN(C2CCC(c3nc(=S)[nH][nH]3)CC2)C1. The summed E-state index contributed by atoms with van der Waals surface area (Å²) >= 11 is 5.01. The average Bonchev–Trinajstić information content (AvgIpc) is 2.98. The number of nitrogens with zero attached hydrogens (tertiary/aromatic N) is 2. The van der Waals surface area contributed by atoms with E-state index >= 15 is 0 Å². The van der Waals surface area contributed by atoms with Gasteiger partial charge in [0.2, 0.25) is 4.77 Å². The molecule has 0 radical (unpaired) electrons. The highest BCUT2D eigenvalue weighted by Gasteiger charge is 2.30. The molecular weight excluding hydrogens is 246 g/mol. The van der Waals surface area contributed by atoms with Crippen LogP contribution < -0.4 is 5.43 Å². The Labute approximate surface area is 112 Å².